The third-order valence-electron chi connectivity index (χ3n) is 6.21. The van der Waals surface area contributed by atoms with Gasteiger partial charge in [0.1, 0.15) is 5.75 Å². The number of aromatic nitrogens is 2. The zero-order valence-electron chi connectivity index (χ0n) is 18.8. The molecule has 1 heterocycles. The van der Waals surface area contributed by atoms with Crippen LogP contribution in [0.15, 0.2) is 60.9 Å². The fraction of sp³-hybridized carbons (Fsp3) is 0.346. The maximum Gasteiger partial charge on any atom is 0.306 e. The molecule has 0 aliphatic heterocycles. The van der Waals surface area contributed by atoms with Crippen molar-refractivity contribution in [2.24, 2.45) is 5.92 Å². The van der Waals surface area contributed by atoms with E-state index in [2.05, 4.69) is 32.7 Å². The summed E-state index contributed by atoms with van der Waals surface area (Å²) < 4.78 is 5.20. The summed E-state index contributed by atoms with van der Waals surface area (Å²) in [6.07, 6.45) is 7.98. The van der Waals surface area contributed by atoms with Crippen LogP contribution in [0, 0.1) is 5.92 Å². The molecule has 7 heteroatoms. The summed E-state index contributed by atoms with van der Waals surface area (Å²) in [6.45, 7) is 0.894. The summed E-state index contributed by atoms with van der Waals surface area (Å²) in [7, 11) is 1.65. The highest BCUT2D eigenvalue weighted by Crippen LogP contribution is 2.25. The second-order valence-electron chi connectivity index (χ2n) is 8.44. The summed E-state index contributed by atoms with van der Waals surface area (Å²) in [5.74, 6) is 0.560. The number of carbonyl (C=O) groups is 1. The third-order valence-corrected chi connectivity index (χ3v) is 6.21. The van der Waals surface area contributed by atoms with Gasteiger partial charge in [-0.25, -0.2) is 9.97 Å². The van der Waals surface area contributed by atoms with Gasteiger partial charge in [0.2, 0.25) is 5.95 Å². The number of benzene rings is 2. The van der Waals surface area contributed by atoms with E-state index in [0.29, 0.717) is 12.0 Å². The fourth-order valence-corrected chi connectivity index (χ4v) is 4.17. The standard InChI is InChI=1S/C26H30N4O3/c1-33-24-12-6-19(7-13-24)21-16-28-26(29-17-21)30-23-8-2-18(3-9-23)14-15-27-22-10-4-20(5-11-22)25(31)32/h2-3,6-9,12-13,16-17,20,22,27H,4-5,10-11,14-15H2,1H3,(H,31,32)(H,28,29,30). The molecule has 1 aliphatic carbocycles. The van der Waals surface area contributed by atoms with Gasteiger partial charge in [0.05, 0.1) is 13.0 Å². The molecular formula is C26H30N4O3. The molecule has 0 amide bonds. The zero-order chi connectivity index (χ0) is 23.0. The third kappa shape index (κ3) is 6.29. The van der Waals surface area contributed by atoms with Crippen molar-refractivity contribution in [2.75, 3.05) is 19.0 Å². The van der Waals surface area contributed by atoms with Gasteiger partial charge in [-0.05, 0) is 74.0 Å². The average Bonchev–Trinajstić information content (AvgIpc) is 2.86. The number of aliphatic carboxylic acids is 1. The summed E-state index contributed by atoms with van der Waals surface area (Å²) in [5, 5.41) is 15.9. The normalized spacial score (nSPS) is 18.0. The van der Waals surface area contributed by atoms with Gasteiger partial charge in [0, 0.05) is 29.7 Å². The van der Waals surface area contributed by atoms with E-state index in [9.17, 15) is 4.79 Å². The van der Waals surface area contributed by atoms with Gasteiger partial charge in [-0.15, -0.1) is 0 Å². The molecule has 1 saturated carbocycles. The number of hydrogen-bond acceptors (Lipinski definition) is 6. The van der Waals surface area contributed by atoms with E-state index in [0.717, 1.165) is 61.2 Å². The highest BCUT2D eigenvalue weighted by atomic mass is 16.5. The lowest BCUT2D eigenvalue weighted by Crippen LogP contribution is -2.36. The molecule has 3 aromatic rings. The van der Waals surface area contributed by atoms with Crippen LogP contribution in [0.2, 0.25) is 0 Å². The van der Waals surface area contributed by atoms with Crippen molar-refractivity contribution in [1.82, 2.24) is 15.3 Å². The number of ether oxygens (including phenoxy) is 1. The maximum atomic E-state index is 11.1. The first-order valence-electron chi connectivity index (χ1n) is 11.4. The van der Waals surface area contributed by atoms with E-state index in [-0.39, 0.29) is 5.92 Å². The molecule has 7 nitrogen and oxygen atoms in total. The number of anilines is 2. The van der Waals surface area contributed by atoms with E-state index in [1.165, 1.54) is 5.56 Å². The lowest BCUT2D eigenvalue weighted by atomic mass is 9.86. The van der Waals surface area contributed by atoms with Crippen molar-refractivity contribution in [2.45, 2.75) is 38.1 Å². The van der Waals surface area contributed by atoms with Gasteiger partial charge in [-0.3, -0.25) is 4.79 Å². The van der Waals surface area contributed by atoms with Gasteiger partial charge in [0.15, 0.2) is 0 Å². The van der Waals surface area contributed by atoms with Crippen LogP contribution >= 0.6 is 0 Å². The van der Waals surface area contributed by atoms with Crippen molar-refractivity contribution in [3.05, 3.63) is 66.5 Å². The Hall–Kier alpha value is -3.45. The Morgan fingerprint density at radius 2 is 1.64 bits per heavy atom. The molecular weight excluding hydrogens is 416 g/mol. The van der Waals surface area contributed by atoms with Crippen LogP contribution in [0.1, 0.15) is 31.2 Å². The van der Waals surface area contributed by atoms with Crippen LogP contribution in [0.4, 0.5) is 11.6 Å². The number of carboxylic acid groups (broad SMARTS) is 1. The molecule has 0 atom stereocenters. The number of methoxy groups -OCH3 is 1. The maximum absolute atomic E-state index is 11.1. The van der Waals surface area contributed by atoms with E-state index in [1.54, 1.807) is 19.5 Å². The number of hydrogen-bond donors (Lipinski definition) is 3. The molecule has 1 aromatic heterocycles. The van der Waals surface area contributed by atoms with Crippen LogP contribution in [0.3, 0.4) is 0 Å². The highest BCUT2D eigenvalue weighted by molar-refractivity contribution is 5.70. The second kappa shape index (κ2) is 10.9. The minimum Gasteiger partial charge on any atom is -0.497 e. The topological polar surface area (TPSA) is 96.4 Å². The molecule has 3 N–H and O–H groups in total. The molecule has 1 aliphatic rings. The first kappa shape index (κ1) is 22.7. The van der Waals surface area contributed by atoms with Gasteiger partial charge >= 0.3 is 5.97 Å². The Balaban J connectivity index is 1.23. The molecule has 0 saturated heterocycles. The van der Waals surface area contributed by atoms with Crippen LogP contribution < -0.4 is 15.4 Å². The Bertz CT molecular complexity index is 1030. The Morgan fingerprint density at radius 3 is 2.24 bits per heavy atom. The van der Waals surface area contributed by atoms with Crippen molar-refractivity contribution in [3.63, 3.8) is 0 Å². The molecule has 1 fully saturated rings. The van der Waals surface area contributed by atoms with Gasteiger partial charge in [-0.2, -0.15) is 0 Å². The zero-order valence-corrected chi connectivity index (χ0v) is 18.8. The van der Waals surface area contributed by atoms with Crippen molar-refractivity contribution in [1.29, 1.82) is 0 Å². The average molecular weight is 447 g/mol. The molecule has 0 bridgehead atoms. The van der Waals surface area contributed by atoms with Crippen molar-refractivity contribution in [3.8, 4) is 16.9 Å². The monoisotopic (exact) mass is 446 g/mol. The first-order chi connectivity index (χ1) is 16.1. The Labute approximate surface area is 194 Å². The van der Waals surface area contributed by atoms with Crippen LogP contribution in [-0.4, -0.2) is 40.7 Å². The molecule has 0 spiro atoms. The SMILES string of the molecule is COc1ccc(-c2cnc(Nc3ccc(CCNC4CCC(C(=O)O)CC4)cc3)nc2)cc1. The minimum atomic E-state index is -0.652. The first-order valence-corrected chi connectivity index (χ1v) is 11.4. The molecule has 4 rings (SSSR count). The van der Waals surface area contributed by atoms with E-state index >= 15 is 0 Å². The van der Waals surface area contributed by atoms with Crippen LogP contribution in [-0.2, 0) is 11.2 Å². The van der Waals surface area contributed by atoms with Crippen molar-refractivity contribution >= 4 is 17.6 Å². The number of rotatable bonds is 9. The largest absolute Gasteiger partial charge is 0.497 e. The highest BCUT2D eigenvalue weighted by Gasteiger charge is 2.25. The molecule has 0 unspecified atom stereocenters. The Kier molecular flexibility index (Phi) is 7.52. The van der Waals surface area contributed by atoms with Crippen LogP contribution in [0.25, 0.3) is 11.1 Å². The summed E-state index contributed by atoms with van der Waals surface area (Å²) in [6, 6.07) is 16.5. The van der Waals surface area contributed by atoms with E-state index in [1.807, 2.05) is 36.4 Å². The number of carboxylic acids is 1. The van der Waals surface area contributed by atoms with E-state index in [4.69, 9.17) is 9.84 Å². The summed E-state index contributed by atoms with van der Waals surface area (Å²) in [5.41, 5.74) is 4.18. The predicted octanol–water partition coefficient (Wildman–Crippen LogP) is 4.67. The minimum absolute atomic E-state index is 0.161. The summed E-state index contributed by atoms with van der Waals surface area (Å²) in [4.78, 5) is 19.9. The lowest BCUT2D eigenvalue weighted by molar-refractivity contribution is -0.142. The van der Waals surface area contributed by atoms with Gasteiger partial charge < -0.3 is 20.5 Å². The number of nitrogens with one attached hydrogen (secondary N) is 2. The Morgan fingerprint density at radius 1 is 0.970 bits per heavy atom. The smallest absolute Gasteiger partial charge is 0.306 e. The van der Waals surface area contributed by atoms with Gasteiger partial charge in [-0.1, -0.05) is 24.3 Å². The molecule has 2 aromatic carbocycles. The fourth-order valence-electron chi connectivity index (χ4n) is 4.17. The van der Waals surface area contributed by atoms with E-state index < -0.39 is 5.97 Å². The number of nitrogens with zero attached hydrogens (tertiary/aromatic N) is 2. The van der Waals surface area contributed by atoms with Crippen molar-refractivity contribution < 1.29 is 14.6 Å². The van der Waals surface area contributed by atoms with Crippen LogP contribution in [0.5, 0.6) is 5.75 Å². The molecule has 0 radical (unpaired) electrons. The molecule has 33 heavy (non-hydrogen) atoms. The lowest BCUT2D eigenvalue weighted by Gasteiger charge is -2.27. The second-order valence-corrected chi connectivity index (χ2v) is 8.44. The quantitative estimate of drug-likeness (QED) is 0.439. The summed E-state index contributed by atoms with van der Waals surface area (Å²) >= 11 is 0. The predicted molar refractivity (Wildman–Crippen MR) is 129 cm³/mol. The van der Waals surface area contributed by atoms with Gasteiger partial charge in [0.25, 0.3) is 0 Å². The molecule has 172 valence electrons.